The third-order valence-electron chi connectivity index (χ3n) is 4.47. The van der Waals surface area contributed by atoms with Gasteiger partial charge in [-0.15, -0.1) is 0 Å². The summed E-state index contributed by atoms with van der Waals surface area (Å²) in [4.78, 5) is 18.3. The second kappa shape index (κ2) is 7.25. The fourth-order valence-electron chi connectivity index (χ4n) is 3.20. The van der Waals surface area contributed by atoms with Crippen LogP contribution in [0, 0.1) is 0 Å². The highest BCUT2D eigenvalue weighted by Crippen LogP contribution is 2.37. The molecule has 1 aromatic rings. The summed E-state index contributed by atoms with van der Waals surface area (Å²) in [6.45, 7) is 2.67. The number of hydrogen-bond donors (Lipinski definition) is 0. The number of fused-ring (bicyclic) bond motifs is 1. The number of unbranched alkanes of at least 4 members (excludes halogenated alkanes) is 1. The summed E-state index contributed by atoms with van der Waals surface area (Å²) in [5.41, 5.74) is 1.65. The van der Waals surface area contributed by atoms with Crippen LogP contribution in [0.4, 0.5) is 0 Å². The third kappa shape index (κ3) is 3.18. The second-order valence-corrected chi connectivity index (χ2v) is 6.15. The molecule has 3 rings (SSSR count). The van der Waals surface area contributed by atoms with E-state index in [2.05, 4.69) is 6.92 Å². The van der Waals surface area contributed by atoms with Gasteiger partial charge in [-0.2, -0.15) is 5.06 Å². The lowest BCUT2D eigenvalue weighted by Crippen LogP contribution is -2.33. The zero-order valence-electron chi connectivity index (χ0n) is 13.3. The monoisotopic (exact) mass is 303 g/mol. The molecular formula is C18H25NO3. The summed E-state index contributed by atoms with van der Waals surface area (Å²) in [5.74, 6) is -0.0764. The van der Waals surface area contributed by atoms with Crippen LogP contribution in [-0.4, -0.2) is 23.7 Å². The molecule has 0 spiro atoms. The molecule has 1 aliphatic heterocycles. The molecule has 0 bridgehead atoms. The van der Waals surface area contributed by atoms with Crippen molar-refractivity contribution in [3.63, 3.8) is 0 Å². The van der Waals surface area contributed by atoms with E-state index in [1.165, 1.54) is 24.3 Å². The fraction of sp³-hybridized carbons (Fsp3) is 0.611. The molecule has 0 radical (unpaired) electrons. The molecule has 4 heteroatoms. The molecule has 1 saturated carbocycles. The summed E-state index contributed by atoms with van der Waals surface area (Å²) < 4.78 is 6.27. The molecule has 120 valence electrons. The lowest BCUT2D eigenvalue weighted by Gasteiger charge is -2.30. The van der Waals surface area contributed by atoms with Crippen molar-refractivity contribution in [2.45, 2.75) is 64.2 Å². The molecule has 1 aliphatic carbocycles. The Labute approximate surface area is 132 Å². The summed E-state index contributed by atoms with van der Waals surface area (Å²) in [6, 6.07) is 7.69. The number of ether oxygens (including phenoxy) is 1. The van der Waals surface area contributed by atoms with Crippen molar-refractivity contribution >= 4 is 5.91 Å². The number of benzene rings is 1. The van der Waals surface area contributed by atoms with Gasteiger partial charge in [-0.3, -0.25) is 9.63 Å². The van der Waals surface area contributed by atoms with Gasteiger partial charge in [0.05, 0.1) is 12.7 Å². The van der Waals surface area contributed by atoms with Crippen LogP contribution in [0.15, 0.2) is 24.3 Å². The second-order valence-electron chi connectivity index (χ2n) is 6.15. The number of nitrogens with zero attached hydrogens (tertiary/aromatic N) is 1. The molecule has 1 atom stereocenters. The first kappa shape index (κ1) is 15.5. The maximum absolute atomic E-state index is 12.6. The quantitative estimate of drug-likeness (QED) is 0.738. The molecule has 1 heterocycles. The van der Waals surface area contributed by atoms with E-state index in [1.807, 2.05) is 24.3 Å². The van der Waals surface area contributed by atoms with Crippen molar-refractivity contribution in [1.82, 2.24) is 5.06 Å². The minimum atomic E-state index is -0.386. The van der Waals surface area contributed by atoms with Crippen LogP contribution < -0.4 is 0 Å². The first-order chi connectivity index (χ1) is 10.8. The SMILES string of the molecule is CCCCON1C(=O)c2ccccc2C1OC1CCCCC1. The minimum absolute atomic E-state index is 0.0764. The van der Waals surface area contributed by atoms with Crippen molar-refractivity contribution in [2.75, 3.05) is 6.61 Å². The van der Waals surface area contributed by atoms with Crippen molar-refractivity contribution in [1.29, 1.82) is 0 Å². The summed E-state index contributed by atoms with van der Waals surface area (Å²) >= 11 is 0. The summed E-state index contributed by atoms with van der Waals surface area (Å²) in [6.07, 6.45) is 7.70. The van der Waals surface area contributed by atoms with Crippen LogP contribution in [0.25, 0.3) is 0 Å². The fourth-order valence-corrected chi connectivity index (χ4v) is 3.20. The van der Waals surface area contributed by atoms with Gasteiger partial charge in [-0.05, 0) is 25.3 Å². The van der Waals surface area contributed by atoms with E-state index in [0.717, 1.165) is 31.2 Å². The first-order valence-corrected chi connectivity index (χ1v) is 8.52. The Morgan fingerprint density at radius 3 is 2.73 bits per heavy atom. The Bertz CT molecular complexity index is 511. The van der Waals surface area contributed by atoms with Crippen LogP contribution in [0.3, 0.4) is 0 Å². The van der Waals surface area contributed by atoms with Gasteiger partial charge >= 0.3 is 0 Å². The zero-order chi connectivity index (χ0) is 15.4. The molecule has 0 aromatic heterocycles. The van der Waals surface area contributed by atoms with E-state index in [0.29, 0.717) is 12.2 Å². The number of amides is 1. The molecule has 4 nitrogen and oxygen atoms in total. The maximum atomic E-state index is 12.6. The number of hydrogen-bond acceptors (Lipinski definition) is 3. The van der Waals surface area contributed by atoms with Gasteiger partial charge in [0.2, 0.25) is 0 Å². The average molecular weight is 303 g/mol. The van der Waals surface area contributed by atoms with E-state index in [9.17, 15) is 4.79 Å². The molecule has 22 heavy (non-hydrogen) atoms. The van der Waals surface area contributed by atoms with Gasteiger partial charge in [0.1, 0.15) is 0 Å². The van der Waals surface area contributed by atoms with Crippen molar-refractivity contribution in [3.8, 4) is 0 Å². The average Bonchev–Trinajstić information content (AvgIpc) is 2.82. The normalized spacial score (nSPS) is 22.1. The van der Waals surface area contributed by atoms with Crippen LogP contribution in [0.2, 0.25) is 0 Å². The van der Waals surface area contributed by atoms with E-state index < -0.39 is 0 Å². The number of rotatable bonds is 6. The first-order valence-electron chi connectivity index (χ1n) is 8.52. The van der Waals surface area contributed by atoms with E-state index in [1.54, 1.807) is 0 Å². The number of hydroxylamine groups is 2. The summed E-state index contributed by atoms with van der Waals surface area (Å²) in [5, 5.41) is 1.45. The van der Waals surface area contributed by atoms with Crippen LogP contribution in [-0.2, 0) is 9.57 Å². The Hall–Kier alpha value is -1.39. The van der Waals surface area contributed by atoms with Gasteiger partial charge in [0.25, 0.3) is 5.91 Å². The molecule has 1 aromatic carbocycles. The largest absolute Gasteiger partial charge is 0.348 e. The Balaban J connectivity index is 1.76. The standard InChI is InChI=1S/C18H25NO3/c1-2-3-13-21-19-17(20)15-11-7-8-12-16(15)18(19)22-14-9-5-4-6-10-14/h7-8,11-12,14,18H,2-6,9-10,13H2,1H3. The molecule has 0 saturated heterocycles. The molecule has 1 unspecified atom stereocenters. The molecule has 1 fully saturated rings. The Morgan fingerprint density at radius 1 is 1.18 bits per heavy atom. The van der Waals surface area contributed by atoms with Crippen LogP contribution in [0.5, 0.6) is 0 Å². The summed E-state index contributed by atoms with van der Waals surface area (Å²) in [7, 11) is 0. The zero-order valence-corrected chi connectivity index (χ0v) is 13.3. The van der Waals surface area contributed by atoms with E-state index in [-0.39, 0.29) is 18.2 Å². The van der Waals surface area contributed by atoms with Gasteiger partial charge in [0.15, 0.2) is 6.23 Å². The van der Waals surface area contributed by atoms with Crippen LogP contribution >= 0.6 is 0 Å². The maximum Gasteiger partial charge on any atom is 0.280 e. The third-order valence-corrected chi connectivity index (χ3v) is 4.47. The number of carbonyl (C=O) groups excluding carboxylic acids is 1. The topological polar surface area (TPSA) is 38.8 Å². The van der Waals surface area contributed by atoms with Crippen molar-refractivity contribution in [3.05, 3.63) is 35.4 Å². The lowest BCUT2D eigenvalue weighted by molar-refractivity contribution is -0.232. The highest BCUT2D eigenvalue weighted by atomic mass is 16.7. The van der Waals surface area contributed by atoms with Gasteiger partial charge in [0, 0.05) is 11.1 Å². The minimum Gasteiger partial charge on any atom is -0.348 e. The highest BCUT2D eigenvalue weighted by molar-refractivity contribution is 5.98. The highest BCUT2D eigenvalue weighted by Gasteiger charge is 2.39. The van der Waals surface area contributed by atoms with Gasteiger partial charge in [-0.1, -0.05) is 50.8 Å². The van der Waals surface area contributed by atoms with Gasteiger partial charge in [-0.25, -0.2) is 0 Å². The Kier molecular flexibility index (Phi) is 5.11. The number of carbonyl (C=O) groups is 1. The van der Waals surface area contributed by atoms with Crippen molar-refractivity contribution in [2.24, 2.45) is 0 Å². The smallest absolute Gasteiger partial charge is 0.280 e. The lowest BCUT2D eigenvalue weighted by atomic mass is 9.97. The molecule has 2 aliphatic rings. The predicted molar refractivity (Wildman–Crippen MR) is 84.2 cm³/mol. The van der Waals surface area contributed by atoms with E-state index >= 15 is 0 Å². The molecule has 0 N–H and O–H groups in total. The van der Waals surface area contributed by atoms with Gasteiger partial charge < -0.3 is 4.74 Å². The predicted octanol–water partition coefficient (Wildman–Crippen LogP) is 4.22. The van der Waals surface area contributed by atoms with Crippen molar-refractivity contribution < 1.29 is 14.4 Å². The Morgan fingerprint density at radius 2 is 1.95 bits per heavy atom. The molecule has 1 amide bonds. The van der Waals surface area contributed by atoms with Crippen LogP contribution in [0.1, 0.15) is 74.0 Å². The van der Waals surface area contributed by atoms with E-state index in [4.69, 9.17) is 9.57 Å². The molecular weight excluding hydrogens is 278 g/mol.